The van der Waals surface area contributed by atoms with Crippen molar-refractivity contribution in [2.75, 3.05) is 0 Å². The zero-order valence-corrected chi connectivity index (χ0v) is 10.9. The third-order valence-corrected chi connectivity index (χ3v) is 2.83. The molecule has 0 spiro atoms. The smallest absolute Gasteiger partial charge is 0.178 e. The van der Waals surface area contributed by atoms with Gasteiger partial charge in [0.15, 0.2) is 5.78 Å². The molecule has 0 unspecified atom stereocenters. The predicted octanol–water partition coefficient (Wildman–Crippen LogP) is 4.37. The van der Waals surface area contributed by atoms with Crippen LogP contribution in [0.2, 0.25) is 0 Å². The van der Waals surface area contributed by atoms with Gasteiger partial charge in [-0.25, -0.2) is 0 Å². The summed E-state index contributed by atoms with van der Waals surface area (Å²) in [5, 5.41) is 0. The maximum atomic E-state index is 11.8. The van der Waals surface area contributed by atoms with Crippen molar-refractivity contribution in [1.29, 1.82) is 0 Å². The van der Waals surface area contributed by atoms with E-state index < -0.39 is 0 Å². The second kappa shape index (κ2) is 6.50. The minimum atomic E-state index is 0.00482. The summed E-state index contributed by atoms with van der Waals surface area (Å²) in [7, 11) is 0. The third-order valence-electron chi connectivity index (χ3n) is 2.83. The van der Waals surface area contributed by atoms with E-state index in [0.29, 0.717) is 0 Å². The number of carbonyl (C=O) groups excluding carboxylic acids is 1. The van der Waals surface area contributed by atoms with E-state index in [4.69, 9.17) is 0 Å². The van der Waals surface area contributed by atoms with Gasteiger partial charge in [-0.3, -0.25) is 4.79 Å². The van der Waals surface area contributed by atoms with E-state index in [1.807, 2.05) is 73.7 Å². The molecule has 0 saturated heterocycles. The molecular formula is C18H16O. The number of benzene rings is 2. The molecule has 0 aliphatic rings. The molecule has 0 aromatic heterocycles. The van der Waals surface area contributed by atoms with Crippen molar-refractivity contribution in [3.05, 3.63) is 83.9 Å². The molecule has 0 aliphatic heterocycles. The van der Waals surface area contributed by atoms with E-state index in [2.05, 4.69) is 0 Å². The molecule has 1 heteroatoms. The number of carbonyl (C=O) groups is 1. The van der Waals surface area contributed by atoms with Crippen LogP contribution in [0, 0.1) is 0 Å². The summed E-state index contributed by atoms with van der Waals surface area (Å²) in [6.45, 7) is 1.95. The number of allylic oxidation sites excluding steroid dienone is 3. The van der Waals surface area contributed by atoms with Crippen molar-refractivity contribution in [3.63, 3.8) is 0 Å². The second-order valence-corrected chi connectivity index (χ2v) is 4.34. The molecule has 2 aromatic rings. The van der Waals surface area contributed by atoms with E-state index >= 15 is 0 Å². The average molecular weight is 248 g/mol. The van der Waals surface area contributed by atoms with E-state index in [1.54, 1.807) is 12.2 Å². The minimum absolute atomic E-state index is 0.00482. The van der Waals surface area contributed by atoms with Crippen molar-refractivity contribution < 1.29 is 4.79 Å². The lowest BCUT2D eigenvalue weighted by atomic mass is 10.1. The van der Waals surface area contributed by atoms with Gasteiger partial charge in [0.05, 0.1) is 0 Å². The molecule has 0 atom stereocenters. The van der Waals surface area contributed by atoms with Crippen molar-refractivity contribution in [2.45, 2.75) is 6.92 Å². The Morgan fingerprint density at radius 2 is 1.47 bits per heavy atom. The first-order chi connectivity index (χ1) is 9.25. The Morgan fingerprint density at radius 1 is 0.895 bits per heavy atom. The molecule has 0 N–H and O–H groups in total. The number of hydrogen-bond donors (Lipinski definition) is 0. The van der Waals surface area contributed by atoms with Crippen LogP contribution in [0.1, 0.15) is 18.1 Å². The van der Waals surface area contributed by atoms with Gasteiger partial charge in [0.25, 0.3) is 0 Å². The topological polar surface area (TPSA) is 17.1 Å². The predicted molar refractivity (Wildman–Crippen MR) is 80.6 cm³/mol. The summed E-state index contributed by atoms with van der Waals surface area (Å²) < 4.78 is 0. The Bertz CT molecular complexity index is 592. The molecule has 19 heavy (non-hydrogen) atoms. The second-order valence-electron chi connectivity index (χ2n) is 4.34. The molecule has 0 saturated carbocycles. The van der Waals surface area contributed by atoms with Crippen LogP contribution >= 0.6 is 0 Å². The van der Waals surface area contributed by atoms with Crippen molar-refractivity contribution in [3.8, 4) is 0 Å². The Labute approximate surface area is 113 Å². The Balaban J connectivity index is 2.07. The molecule has 0 radical (unpaired) electrons. The standard InChI is InChI=1S/C18H16O/c1-15(17-10-6-3-7-11-17)14-18(19)13-12-16-8-4-2-5-9-16/h2-14H,1H3/b13-12+,15-14+. The van der Waals surface area contributed by atoms with Gasteiger partial charge in [-0.05, 0) is 35.8 Å². The summed E-state index contributed by atoms with van der Waals surface area (Å²) in [5.41, 5.74) is 3.08. The monoisotopic (exact) mass is 248 g/mol. The fourth-order valence-corrected chi connectivity index (χ4v) is 1.79. The highest BCUT2D eigenvalue weighted by Gasteiger charge is 1.97. The van der Waals surface area contributed by atoms with Gasteiger partial charge in [0.2, 0.25) is 0 Å². The Hall–Kier alpha value is -2.41. The maximum Gasteiger partial charge on any atom is 0.178 e. The fourth-order valence-electron chi connectivity index (χ4n) is 1.79. The molecule has 0 bridgehead atoms. The average Bonchev–Trinajstić information content (AvgIpc) is 2.47. The lowest BCUT2D eigenvalue weighted by Crippen LogP contribution is -1.88. The van der Waals surface area contributed by atoms with E-state index in [1.165, 1.54) is 0 Å². The van der Waals surface area contributed by atoms with Crippen LogP contribution in [-0.2, 0) is 4.79 Å². The van der Waals surface area contributed by atoms with Crippen molar-refractivity contribution >= 4 is 17.4 Å². The zero-order chi connectivity index (χ0) is 13.5. The first kappa shape index (κ1) is 13.0. The van der Waals surface area contributed by atoms with Crippen LogP contribution in [0.3, 0.4) is 0 Å². The zero-order valence-electron chi connectivity index (χ0n) is 10.9. The van der Waals surface area contributed by atoms with Crippen LogP contribution in [0.4, 0.5) is 0 Å². The van der Waals surface area contributed by atoms with Gasteiger partial charge < -0.3 is 0 Å². The quantitative estimate of drug-likeness (QED) is 0.734. The highest BCUT2D eigenvalue weighted by atomic mass is 16.1. The van der Waals surface area contributed by atoms with Crippen LogP contribution in [0.5, 0.6) is 0 Å². The van der Waals surface area contributed by atoms with E-state index in [0.717, 1.165) is 16.7 Å². The van der Waals surface area contributed by atoms with Crippen molar-refractivity contribution in [2.24, 2.45) is 0 Å². The van der Waals surface area contributed by atoms with Gasteiger partial charge in [0, 0.05) is 0 Å². The number of hydrogen-bond acceptors (Lipinski definition) is 1. The van der Waals surface area contributed by atoms with Gasteiger partial charge in [0.1, 0.15) is 0 Å². The molecule has 1 nitrogen and oxygen atoms in total. The normalized spacial score (nSPS) is 11.7. The van der Waals surface area contributed by atoms with Crippen molar-refractivity contribution in [1.82, 2.24) is 0 Å². The van der Waals surface area contributed by atoms with E-state index in [-0.39, 0.29) is 5.78 Å². The van der Waals surface area contributed by atoms with Gasteiger partial charge in [-0.15, -0.1) is 0 Å². The van der Waals surface area contributed by atoms with Crippen LogP contribution in [-0.4, -0.2) is 5.78 Å². The van der Waals surface area contributed by atoms with Gasteiger partial charge >= 0.3 is 0 Å². The Kier molecular flexibility index (Phi) is 4.46. The lowest BCUT2D eigenvalue weighted by Gasteiger charge is -1.99. The molecule has 2 rings (SSSR count). The highest BCUT2D eigenvalue weighted by molar-refractivity contribution is 6.06. The summed E-state index contributed by atoms with van der Waals surface area (Å²) in [6, 6.07) is 19.7. The van der Waals surface area contributed by atoms with Gasteiger partial charge in [-0.2, -0.15) is 0 Å². The summed E-state index contributed by atoms with van der Waals surface area (Å²) >= 11 is 0. The minimum Gasteiger partial charge on any atom is -0.290 e. The molecular weight excluding hydrogens is 232 g/mol. The van der Waals surface area contributed by atoms with E-state index in [9.17, 15) is 4.79 Å². The third kappa shape index (κ3) is 4.07. The molecule has 0 aliphatic carbocycles. The van der Waals surface area contributed by atoms with Crippen LogP contribution in [0.25, 0.3) is 11.6 Å². The molecule has 0 heterocycles. The summed E-state index contributed by atoms with van der Waals surface area (Å²) in [4.78, 5) is 11.8. The Morgan fingerprint density at radius 3 is 2.11 bits per heavy atom. The van der Waals surface area contributed by atoms with Crippen LogP contribution in [0.15, 0.2) is 72.8 Å². The molecule has 94 valence electrons. The van der Waals surface area contributed by atoms with Gasteiger partial charge in [-0.1, -0.05) is 66.7 Å². The number of ketones is 1. The molecule has 0 fully saturated rings. The molecule has 0 amide bonds. The molecule has 2 aromatic carbocycles. The maximum absolute atomic E-state index is 11.8. The lowest BCUT2D eigenvalue weighted by molar-refractivity contribution is -0.110. The first-order valence-corrected chi connectivity index (χ1v) is 6.26. The first-order valence-electron chi connectivity index (χ1n) is 6.26. The highest BCUT2D eigenvalue weighted by Crippen LogP contribution is 2.12. The summed E-state index contributed by atoms with van der Waals surface area (Å²) in [5.74, 6) is 0.00482. The fraction of sp³-hybridized carbons (Fsp3) is 0.0556. The summed E-state index contributed by atoms with van der Waals surface area (Å²) in [6.07, 6.45) is 5.09. The SMILES string of the molecule is C/C(=C\C(=O)/C=C/c1ccccc1)c1ccccc1. The van der Waals surface area contributed by atoms with Crippen LogP contribution < -0.4 is 0 Å². The largest absolute Gasteiger partial charge is 0.290 e. The number of rotatable bonds is 4.